The van der Waals surface area contributed by atoms with Gasteiger partial charge in [0.2, 0.25) is 0 Å². The predicted molar refractivity (Wildman–Crippen MR) is 99.9 cm³/mol. The smallest absolute Gasteiger partial charge is 0.410 e. The van der Waals surface area contributed by atoms with Crippen molar-refractivity contribution in [3.63, 3.8) is 0 Å². The first-order valence-electron chi connectivity index (χ1n) is 8.66. The lowest BCUT2D eigenvalue weighted by atomic mass is 10.00. The summed E-state index contributed by atoms with van der Waals surface area (Å²) in [5.41, 5.74) is 2.71. The van der Waals surface area contributed by atoms with E-state index in [1.165, 1.54) is 0 Å². The van der Waals surface area contributed by atoms with Crippen molar-refractivity contribution in [2.75, 3.05) is 20.1 Å². The zero-order valence-corrected chi connectivity index (χ0v) is 15.5. The molecular weight excluding hydrogens is 332 g/mol. The molecule has 138 valence electrons. The quantitative estimate of drug-likeness (QED) is 0.866. The number of nitrogens with one attached hydrogen (secondary N) is 2. The van der Waals surface area contributed by atoms with E-state index >= 15 is 0 Å². The first-order valence-corrected chi connectivity index (χ1v) is 8.66. The van der Waals surface area contributed by atoms with Crippen LogP contribution in [0.1, 0.15) is 43.2 Å². The van der Waals surface area contributed by atoms with Gasteiger partial charge in [-0.3, -0.25) is 9.89 Å². The van der Waals surface area contributed by atoms with Crippen LogP contribution in [0.2, 0.25) is 0 Å². The zero-order chi connectivity index (χ0) is 18.9. The van der Waals surface area contributed by atoms with Crippen molar-refractivity contribution in [3.05, 3.63) is 35.5 Å². The van der Waals surface area contributed by atoms with Crippen LogP contribution in [0.3, 0.4) is 0 Å². The molecule has 2 heterocycles. The van der Waals surface area contributed by atoms with E-state index in [0.717, 1.165) is 28.5 Å². The van der Waals surface area contributed by atoms with E-state index in [4.69, 9.17) is 4.74 Å². The van der Waals surface area contributed by atoms with Gasteiger partial charge in [-0.2, -0.15) is 5.10 Å². The van der Waals surface area contributed by atoms with E-state index in [1.807, 2.05) is 39.0 Å². The number of benzene rings is 1. The highest BCUT2D eigenvalue weighted by molar-refractivity contribution is 6.05. The molecule has 0 unspecified atom stereocenters. The maximum absolute atomic E-state index is 12.3. The van der Waals surface area contributed by atoms with Gasteiger partial charge < -0.3 is 15.0 Å². The van der Waals surface area contributed by atoms with Crippen LogP contribution in [0, 0.1) is 0 Å². The highest BCUT2D eigenvalue weighted by Gasteiger charge is 2.25. The number of hydrogen-bond acceptors (Lipinski definition) is 4. The Morgan fingerprint density at radius 1 is 1.31 bits per heavy atom. The van der Waals surface area contributed by atoms with Gasteiger partial charge in [0, 0.05) is 25.5 Å². The van der Waals surface area contributed by atoms with Crippen molar-refractivity contribution < 1.29 is 14.3 Å². The van der Waals surface area contributed by atoms with Crippen LogP contribution < -0.4 is 5.32 Å². The molecule has 1 aromatic carbocycles. The molecule has 0 saturated heterocycles. The van der Waals surface area contributed by atoms with E-state index < -0.39 is 5.60 Å². The van der Waals surface area contributed by atoms with Crippen molar-refractivity contribution in [2.45, 2.75) is 32.8 Å². The Labute approximate surface area is 152 Å². The average molecular weight is 356 g/mol. The van der Waals surface area contributed by atoms with Crippen molar-refractivity contribution in [1.29, 1.82) is 0 Å². The summed E-state index contributed by atoms with van der Waals surface area (Å²) in [6, 6.07) is 5.79. The third-order valence-electron chi connectivity index (χ3n) is 4.18. The molecule has 1 aliphatic heterocycles. The standard InChI is InChI=1S/C19H24N4O3/c1-19(2,3)26-18(25)23-9-5-6-13(11-23)12-7-8-14-15(10-12)21-22-16(14)17(24)20-4/h6-8,10H,5,9,11H2,1-4H3,(H,20,24)(H,21,22). The summed E-state index contributed by atoms with van der Waals surface area (Å²) in [4.78, 5) is 25.9. The average Bonchev–Trinajstić information content (AvgIpc) is 3.03. The molecule has 0 aliphatic carbocycles. The van der Waals surface area contributed by atoms with Crippen LogP contribution in [0.5, 0.6) is 0 Å². The van der Waals surface area contributed by atoms with Crippen LogP contribution in [0.4, 0.5) is 4.79 Å². The minimum Gasteiger partial charge on any atom is -0.444 e. The Morgan fingerprint density at radius 2 is 2.08 bits per heavy atom. The largest absolute Gasteiger partial charge is 0.444 e. The SMILES string of the molecule is CNC(=O)c1n[nH]c2cc(C3=CCCN(C(=O)OC(C)(C)C)C3)ccc12. The van der Waals surface area contributed by atoms with E-state index in [2.05, 4.69) is 21.6 Å². The summed E-state index contributed by atoms with van der Waals surface area (Å²) in [5, 5.41) is 10.4. The minimum atomic E-state index is -0.510. The number of H-pyrrole nitrogens is 1. The van der Waals surface area contributed by atoms with E-state index in [9.17, 15) is 9.59 Å². The van der Waals surface area contributed by atoms with Gasteiger partial charge >= 0.3 is 6.09 Å². The molecule has 0 spiro atoms. The normalized spacial score (nSPS) is 14.9. The molecule has 7 nitrogen and oxygen atoms in total. The molecule has 0 saturated carbocycles. The number of aromatic amines is 1. The number of carbonyl (C=O) groups is 2. The van der Waals surface area contributed by atoms with Crippen LogP contribution in [-0.2, 0) is 4.74 Å². The number of amides is 2. The lowest BCUT2D eigenvalue weighted by molar-refractivity contribution is 0.0273. The highest BCUT2D eigenvalue weighted by Crippen LogP contribution is 2.26. The van der Waals surface area contributed by atoms with Crippen LogP contribution >= 0.6 is 0 Å². The Kier molecular flexibility index (Phi) is 4.71. The minimum absolute atomic E-state index is 0.225. The summed E-state index contributed by atoms with van der Waals surface area (Å²) in [6.07, 6.45) is 2.62. The first kappa shape index (κ1) is 18.0. The lowest BCUT2D eigenvalue weighted by Crippen LogP contribution is -2.39. The van der Waals surface area contributed by atoms with Gasteiger partial charge in [0.1, 0.15) is 5.60 Å². The van der Waals surface area contributed by atoms with Crippen LogP contribution in [-0.4, -0.2) is 52.8 Å². The molecule has 3 rings (SSSR count). The predicted octanol–water partition coefficient (Wildman–Crippen LogP) is 2.95. The zero-order valence-electron chi connectivity index (χ0n) is 15.5. The summed E-state index contributed by atoms with van der Waals surface area (Å²) in [7, 11) is 1.58. The van der Waals surface area contributed by atoms with Gasteiger partial charge in [-0.15, -0.1) is 0 Å². The molecule has 0 atom stereocenters. The summed E-state index contributed by atoms with van der Waals surface area (Å²) in [6.45, 7) is 6.73. The molecule has 0 bridgehead atoms. The van der Waals surface area contributed by atoms with Gasteiger partial charge in [0.15, 0.2) is 5.69 Å². The van der Waals surface area contributed by atoms with Crippen LogP contribution in [0.15, 0.2) is 24.3 Å². The summed E-state index contributed by atoms with van der Waals surface area (Å²) in [5.74, 6) is -0.225. The maximum atomic E-state index is 12.3. The fraction of sp³-hybridized carbons (Fsp3) is 0.421. The van der Waals surface area contributed by atoms with Gasteiger partial charge in [0.05, 0.1) is 5.52 Å². The number of ether oxygens (including phenoxy) is 1. The summed E-state index contributed by atoms with van der Waals surface area (Å²) < 4.78 is 5.47. The number of carbonyl (C=O) groups excluding carboxylic acids is 2. The molecule has 2 amide bonds. The van der Waals surface area contributed by atoms with Crippen molar-refractivity contribution in [1.82, 2.24) is 20.4 Å². The molecule has 1 aromatic heterocycles. The Bertz CT molecular complexity index is 877. The molecule has 2 N–H and O–H groups in total. The fourth-order valence-corrected chi connectivity index (χ4v) is 2.95. The molecule has 0 fully saturated rings. The molecule has 7 heteroatoms. The Morgan fingerprint density at radius 3 is 2.77 bits per heavy atom. The molecule has 0 radical (unpaired) electrons. The number of fused-ring (bicyclic) bond motifs is 1. The van der Waals surface area contributed by atoms with Crippen molar-refractivity contribution in [2.24, 2.45) is 0 Å². The monoisotopic (exact) mass is 356 g/mol. The second-order valence-electron chi connectivity index (χ2n) is 7.33. The fourth-order valence-electron chi connectivity index (χ4n) is 2.95. The number of hydrogen-bond donors (Lipinski definition) is 2. The van der Waals surface area contributed by atoms with Crippen molar-refractivity contribution in [3.8, 4) is 0 Å². The molecule has 1 aliphatic rings. The van der Waals surface area contributed by atoms with E-state index in [0.29, 0.717) is 18.8 Å². The highest BCUT2D eigenvalue weighted by atomic mass is 16.6. The first-order chi connectivity index (χ1) is 12.3. The lowest BCUT2D eigenvalue weighted by Gasteiger charge is -2.30. The number of aromatic nitrogens is 2. The molecule has 26 heavy (non-hydrogen) atoms. The second kappa shape index (κ2) is 6.82. The molecule has 2 aromatic rings. The van der Waals surface area contributed by atoms with Gasteiger partial charge in [0.25, 0.3) is 5.91 Å². The number of nitrogens with zero attached hydrogens (tertiary/aromatic N) is 2. The molecular formula is C19H24N4O3. The van der Waals surface area contributed by atoms with Gasteiger partial charge in [-0.1, -0.05) is 12.1 Å². The van der Waals surface area contributed by atoms with E-state index in [1.54, 1.807) is 11.9 Å². The third-order valence-corrected chi connectivity index (χ3v) is 4.18. The Hall–Kier alpha value is -2.83. The third kappa shape index (κ3) is 3.71. The van der Waals surface area contributed by atoms with Crippen molar-refractivity contribution >= 4 is 28.5 Å². The maximum Gasteiger partial charge on any atom is 0.410 e. The van der Waals surface area contributed by atoms with Crippen LogP contribution in [0.25, 0.3) is 16.5 Å². The Balaban J connectivity index is 1.81. The van der Waals surface area contributed by atoms with Gasteiger partial charge in [-0.25, -0.2) is 4.79 Å². The van der Waals surface area contributed by atoms with Gasteiger partial charge in [-0.05, 0) is 50.5 Å². The van der Waals surface area contributed by atoms with E-state index in [-0.39, 0.29) is 12.0 Å². The topological polar surface area (TPSA) is 87.3 Å². The second-order valence-corrected chi connectivity index (χ2v) is 7.33. The number of rotatable bonds is 2. The summed E-state index contributed by atoms with van der Waals surface area (Å²) >= 11 is 0.